The van der Waals surface area contributed by atoms with Crippen molar-refractivity contribution in [2.24, 2.45) is 5.92 Å². The number of rotatable bonds is 6. The Morgan fingerprint density at radius 2 is 1.78 bits per heavy atom. The molecule has 0 radical (unpaired) electrons. The van der Waals surface area contributed by atoms with Gasteiger partial charge in [-0.2, -0.15) is 0 Å². The highest BCUT2D eigenvalue weighted by atomic mass is 35.5. The Bertz CT molecular complexity index is 1080. The summed E-state index contributed by atoms with van der Waals surface area (Å²) in [5, 5.41) is 3.93. The molecule has 4 rings (SSSR count). The predicted molar refractivity (Wildman–Crippen MR) is 147 cm³/mol. The number of pyridine rings is 1. The normalized spacial score (nSPS) is 19.6. The Morgan fingerprint density at radius 3 is 2.39 bits per heavy atom. The van der Waals surface area contributed by atoms with Crippen LogP contribution in [-0.4, -0.2) is 78.0 Å². The lowest BCUT2D eigenvalue weighted by Gasteiger charge is -2.49. The number of anilines is 1. The van der Waals surface area contributed by atoms with Gasteiger partial charge in [0.1, 0.15) is 5.82 Å². The van der Waals surface area contributed by atoms with Crippen LogP contribution < -0.4 is 10.2 Å². The van der Waals surface area contributed by atoms with E-state index in [4.69, 9.17) is 23.2 Å². The summed E-state index contributed by atoms with van der Waals surface area (Å²) in [6.07, 6.45) is 3.53. The second-order valence-electron chi connectivity index (χ2n) is 9.91. The van der Waals surface area contributed by atoms with Gasteiger partial charge in [0, 0.05) is 69.6 Å². The van der Waals surface area contributed by atoms with E-state index in [1.54, 1.807) is 36.5 Å². The number of nitrogens with one attached hydrogen (secondary N) is 1. The van der Waals surface area contributed by atoms with Crippen molar-refractivity contribution >= 4 is 40.8 Å². The summed E-state index contributed by atoms with van der Waals surface area (Å²) in [5.74, 6) is 1.10. The molecule has 1 N–H and O–H groups in total. The smallest absolute Gasteiger partial charge is 0.253 e. The Kier molecular flexibility index (Phi) is 8.75. The molecule has 2 aliphatic rings. The van der Waals surface area contributed by atoms with Crippen molar-refractivity contribution in [1.82, 2.24) is 20.1 Å². The number of aromatic nitrogens is 1. The maximum atomic E-state index is 12.9. The summed E-state index contributed by atoms with van der Waals surface area (Å²) < 4.78 is 0. The van der Waals surface area contributed by atoms with Gasteiger partial charge in [0.25, 0.3) is 11.8 Å². The first kappa shape index (κ1) is 26.7. The van der Waals surface area contributed by atoms with E-state index in [0.29, 0.717) is 45.7 Å². The number of hydrogen-bond donors (Lipinski definition) is 1. The summed E-state index contributed by atoms with van der Waals surface area (Å²) in [4.78, 5) is 36.5. The first-order chi connectivity index (χ1) is 17.3. The van der Waals surface area contributed by atoms with Crippen molar-refractivity contribution in [1.29, 1.82) is 0 Å². The Morgan fingerprint density at radius 1 is 1.08 bits per heavy atom. The summed E-state index contributed by atoms with van der Waals surface area (Å²) in [6.45, 7) is 11.0. The van der Waals surface area contributed by atoms with Gasteiger partial charge < -0.3 is 15.1 Å². The van der Waals surface area contributed by atoms with Crippen LogP contribution in [0, 0.1) is 5.92 Å². The van der Waals surface area contributed by atoms with Crippen LogP contribution in [0.5, 0.6) is 0 Å². The summed E-state index contributed by atoms with van der Waals surface area (Å²) in [6, 6.07) is 9.63. The molecule has 1 aromatic heterocycles. The lowest BCUT2D eigenvalue weighted by Crippen LogP contribution is -2.60. The molecule has 0 spiro atoms. The van der Waals surface area contributed by atoms with Crippen molar-refractivity contribution in [3.8, 4) is 0 Å². The molecule has 196 valence electrons. The quantitative estimate of drug-likeness (QED) is 0.575. The molecular formula is C27H37Cl2N5O2. The Labute approximate surface area is 225 Å². The fraction of sp³-hybridized carbons (Fsp3) is 0.519. The van der Waals surface area contributed by atoms with Crippen LogP contribution in [0.4, 0.5) is 5.82 Å². The Balaban J connectivity index is 0.00000380. The van der Waals surface area contributed by atoms with Crippen LogP contribution in [0.2, 0.25) is 10.0 Å². The highest BCUT2D eigenvalue weighted by molar-refractivity contribution is 6.33. The average Bonchev–Trinajstić information content (AvgIpc) is 2.88. The average molecular weight is 535 g/mol. The molecule has 2 aromatic rings. The molecule has 1 aromatic carbocycles. The maximum Gasteiger partial charge on any atom is 0.253 e. The van der Waals surface area contributed by atoms with E-state index in [1.807, 2.05) is 11.8 Å². The fourth-order valence-corrected chi connectivity index (χ4v) is 5.70. The lowest BCUT2D eigenvalue weighted by molar-refractivity contribution is 0.0398. The number of carbonyl (C=O) groups is 2. The van der Waals surface area contributed by atoms with E-state index in [1.165, 1.54) is 0 Å². The molecule has 3 heterocycles. The number of carbonyl (C=O) groups excluding carboxylic acids is 2. The van der Waals surface area contributed by atoms with Crippen LogP contribution in [0.15, 0.2) is 36.5 Å². The van der Waals surface area contributed by atoms with E-state index < -0.39 is 0 Å². The van der Waals surface area contributed by atoms with Crippen molar-refractivity contribution in [2.45, 2.75) is 45.7 Å². The number of piperidine rings is 1. The second kappa shape index (κ2) is 11.8. The van der Waals surface area contributed by atoms with E-state index >= 15 is 0 Å². The molecule has 9 heteroatoms. The summed E-state index contributed by atoms with van der Waals surface area (Å²) >= 11 is 12.6. The van der Waals surface area contributed by atoms with Gasteiger partial charge in [-0.05, 0) is 56.0 Å². The summed E-state index contributed by atoms with van der Waals surface area (Å²) in [7, 11) is 0. The molecule has 0 saturated carbocycles. The second-order valence-corrected chi connectivity index (χ2v) is 10.8. The molecule has 0 aliphatic carbocycles. The molecule has 1 atom stereocenters. The van der Waals surface area contributed by atoms with Gasteiger partial charge in [-0.15, -0.1) is 0 Å². The third-order valence-corrected chi connectivity index (χ3v) is 7.79. The molecule has 2 amide bonds. The highest BCUT2D eigenvalue weighted by Crippen LogP contribution is 2.31. The highest BCUT2D eigenvalue weighted by Gasteiger charge is 2.36. The van der Waals surface area contributed by atoms with E-state index in [-0.39, 0.29) is 13.2 Å². The molecule has 0 bridgehead atoms. The maximum absolute atomic E-state index is 12.9. The largest absolute Gasteiger partial charge is 0.353 e. The number of nitrogens with zero attached hydrogens (tertiary/aromatic N) is 4. The zero-order valence-electron chi connectivity index (χ0n) is 21.2. The third-order valence-electron chi connectivity index (χ3n) is 7.26. The molecule has 2 aliphatic heterocycles. The van der Waals surface area contributed by atoms with Gasteiger partial charge in [-0.1, -0.05) is 37.0 Å². The van der Waals surface area contributed by atoms with Crippen LogP contribution in [0.25, 0.3) is 0 Å². The van der Waals surface area contributed by atoms with E-state index in [0.717, 1.165) is 51.4 Å². The van der Waals surface area contributed by atoms with Gasteiger partial charge in [-0.3, -0.25) is 14.5 Å². The minimum Gasteiger partial charge on any atom is -0.353 e. The molecule has 0 unspecified atom stereocenters. The van der Waals surface area contributed by atoms with Gasteiger partial charge in [0.2, 0.25) is 0 Å². The third kappa shape index (κ3) is 5.96. The molecule has 7 nitrogen and oxygen atoms in total. The minimum atomic E-state index is -0.163. The number of hydrogen-bond acceptors (Lipinski definition) is 5. The standard InChI is InChI=1S/C27H35Cl2N5O2.H2/c1-4-30-26(35)20-15-23(29)25(31-16-20)33-13-14-34(24(17-33)18(2)3)22-9-11-32(12-10-22)27(36)19-5-7-21(28)8-6-19;/h5-8,15-16,18,22,24H,4,9-14,17H2,1-3H3,(H,30,35);1H/t24-;/m1./s1. The van der Waals surface area contributed by atoms with Gasteiger partial charge >= 0.3 is 0 Å². The summed E-state index contributed by atoms with van der Waals surface area (Å²) in [5.41, 5.74) is 1.17. The predicted octanol–water partition coefficient (Wildman–Crippen LogP) is 4.84. The van der Waals surface area contributed by atoms with Crippen LogP contribution in [0.1, 0.15) is 55.8 Å². The fourth-order valence-electron chi connectivity index (χ4n) is 5.29. The number of halogens is 2. The number of likely N-dealkylation sites (tertiary alicyclic amines) is 1. The molecule has 2 saturated heterocycles. The molecule has 36 heavy (non-hydrogen) atoms. The minimum absolute atomic E-state index is 0. The number of benzene rings is 1. The first-order valence-corrected chi connectivity index (χ1v) is 13.5. The van der Waals surface area contributed by atoms with Gasteiger partial charge in [0.15, 0.2) is 0 Å². The first-order valence-electron chi connectivity index (χ1n) is 12.8. The van der Waals surface area contributed by atoms with E-state index in [2.05, 4.69) is 33.9 Å². The van der Waals surface area contributed by atoms with E-state index in [9.17, 15) is 9.59 Å². The lowest BCUT2D eigenvalue weighted by atomic mass is 9.93. The monoisotopic (exact) mass is 533 g/mol. The zero-order valence-corrected chi connectivity index (χ0v) is 22.7. The van der Waals surface area contributed by atoms with Gasteiger partial charge in [0.05, 0.1) is 10.6 Å². The molecule has 2 fully saturated rings. The van der Waals surface area contributed by atoms with Crippen molar-refractivity contribution in [3.63, 3.8) is 0 Å². The number of amides is 2. The molecular weight excluding hydrogens is 497 g/mol. The van der Waals surface area contributed by atoms with Gasteiger partial charge in [-0.25, -0.2) is 4.98 Å². The topological polar surface area (TPSA) is 68.8 Å². The SMILES string of the molecule is CCNC(=O)c1cnc(N2CCN(C3CCN(C(=O)c4ccc(Cl)cc4)CC3)[C@@H](C(C)C)C2)c(Cl)c1.[HH]. The van der Waals surface area contributed by atoms with Crippen molar-refractivity contribution < 1.29 is 11.0 Å². The van der Waals surface area contributed by atoms with Crippen molar-refractivity contribution in [2.75, 3.05) is 44.2 Å². The van der Waals surface area contributed by atoms with Crippen molar-refractivity contribution in [3.05, 3.63) is 57.7 Å². The van der Waals surface area contributed by atoms with Crippen LogP contribution in [0.3, 0.4) is 0 Å². The van der Waals surface area contributed by atoms with Crippen LogP contribution >= 0.6 is 23.2 Å². The number of piperazine rings is 1. The Hall–Kier alpha value is -2.35. The van der Waals surface area contributed by atoms with Crippen LogP contribution in [-0.2, 0) is 0 Å². The zero-order chi connectivity index (χ0) is 25.8.